The summed E-state index contributed by atoms with van der Waals surface area (Å²) in [4.78, 5) is 12.4. The van der Waals surface area contributed by atoms with Gasteiger partial charge in [-0.25, -0.2) is 0 Å². The van der Waals surface area contributed by atoms with Crippen LogP contribution < -0.4 is 9.47 Å². The molecule has 0 aliphatic carbocycles. The van der Waals surface area contributed by atoms with Gasteiger partial charge in [0.25, 0.3) is 0 Å². The Bertz CT molecular complexity index is 877. The van der Waals surface area contributed by atoms with E-state index < -0.39 is 0 Å². The Balaban J connectivity index is 1.72. The van der Waals surface area contributed by atoms with E-state index in [0.717, 1.165) is 16.9 Å². The third-order valence-electron chi connectivity index (χ3n) is 3.97. The van der Waals surface area contributed by atoms with Crippen molar-refractivity contribution in [1.29, 1.82) is 0 Å². The zero-order chi connectivity index (χ0) is 16.0. The molecule has 0 saturated carbocycles. The molecule has 1 N–H and O–H groups in total. The van der Waals surface area contributed by atoms with Crippen molar-refractivity contribution < 1.29 is 19.4 Å². The summed E-state index contributed by atoms with van der Waals surface area (Å²) in [7, 11) is 0. The Hall–Kier alpha value is -3.01. The van der Waals surface area contributed by atoms with Crippen molar-refractivity contribution in [1.82, 2.24) is 0 Å². The summed E-state index contributed by atoms with van der Waals surface area (Å²) in [5, 5.41) is 9.50. The van der Waals surface area contributed by atoms with E-state index in [4.69, 9.17) is 9.47 Å². The minimum absolute atomic E-state index is 0.0697. The summed E-state index contributed by atoms with van der Waals surface area (Å²) >= 11 is 0. The van der Waals surface area contributed by atoms with E-state index in [1.807, 2.05) is 37.3 Å². The maximum atomic E-state index is 12.4. The quantitative estimate of drug-likeness (QED) is 0.816. The molecule has 0 fully saturated rings. The number of allylic oxidation sites excluding steroid dienone is 1. The third-order valence-corrected chi connectivity index (χ3v) is 3.97. The van der Waals surface area contributed by atoms with Crippen LogP contribution in [0.15, 0.2) is 59.9 Å². The molecule has 0 radical (unpaired) electrons. The molecule has 4 rings (SSSR count). The number of benzene rings is 2. The number of rotatable bonds is 1. The van der Waals surface area contributed by atoms with Gasteiger partial charge < -0.3 is 14.6 Å². The highest BCUT2D eigenvalue weighted by Crippen LogP contribution is 2.36. The lowest BCUT2D eigenvalue weighted by molar-refractivity contribution is 0.101. The van der Waals surface area contributed by atoms with E-state index in [9.17, 15) is 9.90 Å². The van der Waals surface area contributed by atoms with Gasteiger partial charge in [0.2, 0.25) is 5.78 Å². The normalized spacial score (nSPS) is 20.4. The summed E-state index contributed by atoms with van der Waals surface area (Å²) in [5.41, 5.74) is 2.29. The van der Waals surface area contributed by atoms with Crippen molar-refractivity contribution in [3.8, 4) is 17.2 Å². The average Bonchev–Trinajstić information content (AvgIpc) is 2.83. The second-order valence-corrected chi connectivity index (χ2v) is 5.56. The number of phenolic OH excluding ortho intramolecular Hbond substituents is 1. The van der Waals surface area contributed by atoms with Crippen LogP contribution in [0.2, 0.25) is 0 Å². The van der Waals surface area contributed by atoms with Crippen molar-refractivity contribution in [3.63, 3.8) is 0 Å². The first-order valence-electron chi connectivity index (χ1n) is 7.36. The molecule has 0 aromatic heterocycles. The molecule has 23 heavy (non-hydrogen) atoms. The van der Waals surface area contributed by atoms with Crippen LogP contribution in [0.25, 0.3) is 6.08 Å². The zero-order valence-electron chi connectivity index (χ0n) is 12.4. The summed E-state index contributed by atoms with van der Waals surface area (Å²) < 4.78 is 11.5. The highest BCUT2D eigenvalue weighted by molar-refractivity contribution is 6.12. The van der Waals surface area contributed by atoms with Gasteiger partial charge in [0.05, 0.1) is 5.56 Å². The first kappa shape index (κ1) is 13.6. The molecule has 2 aromatic rings. The Morgan fingerprint density at radius 2 is 1.96 bits per heavy atom. The minimum Gasteiger partial charge on any atom is -0.508 e. The van der Waals surface area contributed by atoms with Crippen molar-refractivity contribution in [2.45, 2.75) is 13.0 Å². The number of para-hydroxylation sites is 1. The molecule has 4 nitrogen and oxygen atoms in total. The number of hydrogen-bond acceptors (Lipinski definition) is 4. The van der Waals surface area contributed by atoms with Crippen LogP contribution in [0, 0.1) is 0 Å². The number of fused-ring (bicyclic) bond motifs is 2. The number of hydrogen-bond donors (Lipinski definition) is 1. The van der Waals surface area contributed by atoms with Crippen LogP contribution in [0.3, 0.4) is 0 Å². The van der Waals surface area contributed by atoms with Gasteiger partial charge in [-0.05, 0) is 42.8 Å². The molecule has 0 bridgehead atoms. The smallest absolute Gasteiger partial charge is 0.231 e. The number of carbonyl (C=O) groups is 1. The van der Waals surface area contributed by atoms with Gasteiger partial charge >= 0.3 is 0 Å². The first-order chi connectivity index (χ1) is 11.1. The number of ether oxygens (including phenoxy) is 2. The first-order valence-corrected chi connectivity index (χ1v) is 7.36. The Morgan fingerprint density at radius 3 is 2.83 bits per heavy atom. The van der Waals surface area contributed by atoms with Gasteiger partial charge in [-0.15, -0.1) is 0 Å². The maximum absolute atomic E-state index is 12.4. The van der Waals surface area contributed by atoms with Crippen LogP contribution in [0.4, 0.5) is 0 Å². The fraction of sp³-hybridized carbons (Fsp3) is 0.105. The molecule has 2 aliphatic rings. The van der Waals surface area contributed by atoms with E-state index in [2.05, 4.69) is 0 Å². The van der Waals surface area contributed by atoms with E-state index >= 15 is 0 Å². The lowest BCUT2D eigenvalue weighted by Crippen LogP contribution is -2.18. The molecule has 2 aliphatic heterocycles. The summed E-state index contributed by atoms with van der Waals surface area (Å²) in [6.07, 6.45) is 3.53. The van der Waals surface area contributed by atoms with Crippen LogP contribution in [-0.2, 0) is 0 Å². The maximum Gasteiger partial charge on any atom is 0.231 e. The number of phenols is 1. The van der Waals surface area contributed by atoms with Crippen LogP contribution in [0.5, 0.6) is 17.2 Å². The van der Waals surface area contributed by atoms with Gasteiger partial charge in [-0.3, -0.25) is 4.79 Å². The fourth-order valence-electron chi connectivity index (χ4n) is 2.75. The van der Waals surface area contributed by atoms with Crippen molar-refractivity contribution in [2.75, 3.05) is 0 Å². The monoisotopic (exact) mass is 306 g/mol. The molecule has 114 valence electrons. The molecule has 1 atom stereocenters. The van der Waals surface area contributed by atoms with Crippen LogP contribution in [-0.4, -0.2) is 17.0 Å². The molecule has 2 aromatic carbocycles. The number of Topliss-reactive ketones (excluding diaryl/α,β-unsaturated/α-hetero) is 1. The van der Waals surface area contributed by atoms with E-state index in [-0.39, 0.29) is 23.4 Å². The van der Waals surface area contributed by atoms with Gasteiger partial charge in [0.1, 0.15) is 23.4 Å². The zero-order valence-corrected chi connectivity index (χ0v) is 12.4. The van der Waals surface area contributed by atoms with Crippen molar-refractivity contribution in [3.05, 3.63) is 71.0 Å². The summed E-state index contributed by atoms with van der Waals surface area (Å²) in [5.74, 6) is 1.33. The molecule has 1 unspecified atom stereocenters. The Kier molecular flexibility index (Phi) is 2.98. The predicted molar refractivity (Wildman–Crippen MR) is 85.7 cm³/mol. The number of carbonyl (C=O) groups excluding carboxylic acids is 1. The average molecular weight is 306 g/mol. The van der Waals surface area contributed by atoms with E-state index in [1.165, 1.54) is 12.1 Å². The molecule has 2 heterocycles. The van der Waals surface area contributed by atoms with Gasteiger partial charge in [0.15, 0.2) is 5.76 Å². The highest BCUT2D eigenvalue weighted by atomic mass is 16.5. The topological polar surface area (TPSA) is 55.8 Å². The summed E-state index contributed by atoms with van der Waals surface area (Å²) in [6, 6.07) is 12.2. The standard InChI is InChI=1S/C19H14O4/c1-11-13(8-12-4-2-3-5-16(12)22-11)9-18-19(21)15-7-6-14(20)10-17(15)23-18/h2-11,20H,1H3. The fourth-order valence-corrected chi connectivity index (χ4v) is 2.75. The van der Waals surface area contributed by atoms with Gasteiger partial charge in [-0.2, -0.15) is 0 Å². The molecular formula is C19H14O4. The van der Waals surface area contributed by atoms with Gasteiger partial charge in [0, 0.05) is 11.6 Å². The summed E-state index contributed by atoms with van der Waals surface area (Å²) in [6.45, 7) is 1.93. The molecule has 0 saturated heterocycles. The molecule has 4 heteroatoms. The Morgan fingerprint density at radius 1 is 1.13 bits per heavy atom. The van der Waals surface area contributed by atoms with Gasteiger partial charge in [-0.1, -0.05) is 18.2 Å². The lowest BCUT2D eigenvalue weighted by Gasteiger charge is -2.22. The largest absolute Gasteiger partial charge is 0.508 e. The lowest BCUT2D eigenvalue weighted by atomic mass is 10.0. The third kappa shape index (κ3) is 2.28. The molecular weight excluding hydrogens is 292 g/mol. The highest BCUT2D eigenvalue weighted by Gasteiger charge is 2.29. The van der Waals surface area contributed by atoms with Crippen LogP contribution >= 0.6 is 0 Å². The number of ketones is 1. The van der Waals surface area contributed by atoms with Crippen molar-refractivity contribution >= 4 is 11.9 Å². The van der Waals surface area contributed by atoms with Crippen LogP contribution in [0.1, 0.15) is 22.8 Å². The van der Waals surface area contributed by atoms with Crippen molar-refractivity contribution in [2.24, 2.45) is 0 Å². The second kappa shape index (κ2) is 5.02. The minimum atomic E-state index is -0.188. The predicted octanol–water partition coefficient (Wildman–Crippen LogP) is 3.72. The SMILES string of the molecule is CC1Oc2ccccc2C=C1C=C1Oc2cc(O)ccc2C1=O. The second-order valence-electron chi connectivity index (χ2n) is 5.56. The Labute approximate surface area is 133 Å². The molecule has 0 spiro atoms. The number of aromatic hydroxyl groups is 1. The van der Waals surface area contributed by atoms with E-state index in [1.54, 1.807) is 12.1 Å². The van der Waals surface area contributed by atoms with E-state index in [0.29, 0.717) is 11.3 Å². The molecule has 0 amide bonds.